The molecule has 0 N–H and O–H groups in total. The Labute approximate surface area is 153 Å². The maximum absolute atomic E-state index is 12.8. The summed E-state index contributed by atoms with van der Waals surface area (Å²) in [7, 11) is 0. The number of carbonyl (C=O) groups excluding carboxylic acids is 1. The molecule has 2 aliphatic rings. The summed E-state index contributed by atoms with van der Waals surface area (Å²) >= 11 is 0. The molecule has 1 amide bonds. The Kier molecular flexibility index (Phi) is 5.85. The molecule has 1 aromatic heterocycles. The van der Waals surface area contributed by atoms with Crippen LogP contribution in [-0.2, 0) is 4.79 Å². The fourth-order valence-corrected chi connectivity index (χ4v) is 4.37. The molecular weight excluding hydrogens is 310 g/mol. The lowest BCUT2D eigenvalue weighted by molar-refractivity contribution is -0.137. The zero-order valence-corrected chi connectivity index (χ0v) is 16.5. The third-order valence-corrected chi connectivity index (χ3v) is 6.04. The van der Waals surface area contributed by atoms with Gasteiger partial charge in [-0.05, 0) is 43.6 Å². The van der Waals surface area contributed by atoms with E-state index in [1.165, 1.54) is 30.7 Å². The lowest BCUT2D eigenvalue weighted by Gasteiger charge is -2.36. The highest BCUT2D eigenvalue weighted by Crippen LogP contribution is 2.31. The van der Waals surface area contributed by atoms with E-state index in [0.717, 1.165) is 38.8 Å². The first-order valence-electron chi connectivity index (χ1n) is 10.4. The van der Waals surface area contributed by atoms with E-state index in [1.807, 2.05) is 0 Å². The molecular formula is C21H35N3O. The van der Waals surface area contributed by atoms with Crippen LogP contribution < -0.4 is 0 Å². The summed E-state index contributed by atoms with van der Waals surface area (Å²) in [5.74, 6) is 1.67. The van der Waals surface area contributed by atoms with Gasteiger partial charge in [-0.3, -0.25) is 9.48 Å². The summed E-state index contributed by atoms with van der Waals surface area (Å²) in [6.45, 7) is 10.7. The van der Waals surface area contributed by atoms with Crippen LogP contribution in [0.15, 0.2) is 6.07 Å². The topological polar surface area (TPSA) is 38.1 Å². The second-order valence-corrected chi connectivity index (χ2v) is 8.64. The highest BCUT2D eigenvalue weighted by atomic mass is 16.2. The van der Waals surface area contributed by atoms with E-state index in [9.17, 15) is 4.79 Å². The van der Waals surface area contributed by atoms with Gasteiger partial charge in [-0.2, -0.15) is 5.10 Å². The van der Waals surface area contributed by atoms with Crippen LogP contribution >= 0.6 is 0 Å². The van der Waals surface area contributed by atoms with E-state index < -0.39 is 0 Å². The number of hydrogen-bond acceptors (Lipinski definition) is 2. The van der Waals surface area contributed by atoms with Gasteiger partial charge in [-0.25, -0.2) is 0 Å². The van der Waals surface area contributed by atoms with E-state index >= 15 is 0 Å². The second-order valence-electron chi connectivity index (χ2n) is 8.64. The molecule has 1 saturated heterocycles. The van der Waals surface area contributed by atoms with E-state index in [2.05, 4.69) is 43.3 Å². The minimum absolute atomic E-state index is 0.300. The fourth-order valence-electron chi connectivity index (χ4n) is 4.37. The van der Waals surface area contributed by atoms with Crippen LogP contribution in [0.5, 0.6) is 0 Å². The summed E-state index contributed by atoms with van der Waals surface area (Å²) in [5.41, 5.74) is 2.55. The van der Waals surface area contributed by atoms with E-state index in [4.69, 9.17) is 5.10 Å². The summed E-state index contributed by atoms with van der Waals surface area (Å²) in [5, 5.41) is 4.93. The van der Waals surface area contributed by atoms with Crippen LogP contribution in [-0.4, -0.2) is 33.7 Å². The molecule has 0 atom stereocenters. The Hall–Kier alpha value is -1.32. The number of hydrogen-bond donors (Lipinski definition) is 0. The molecule has 1 aromatic rings. The van der Waals surface area contributed by atoms with Crippen molar-refractivity contribution < 1.29 is 4.79 Å². The van der Waals surface area contributed by atoms with Gasteiger partial charge < -0.3 is 4.90 Å². The standard InChI is InChI=1S/C21H35N3O/c1-15(2)19-14-20(16(3)4)24(22-19)18-10-12-23(13-11-18)21(25)17-8-6-5-7-9-17/h14-18H,5-13H2,1-4H3. The monoisotopic (exact) mass is 345 g/mol. The zero-order valence-electron chi connectivity index (χ0n) is 16.5. The molecule has 2 fully saturated rings. The molecule has 0 spiro atoms. The zero-order chi connectivity index (χ0) is 18.0. The average Bonchev–Trinajstić information content (AvgIpc) is 3.08. The normalized spacial score (nSPS) is 20.6. The maximum Gasteiger partial charge on any atom is 0.225 e. The predicted octanol–water partition coefficient (Wildman–Crippen LogP) is 4.87. The van der Waals surface area contributed by atoms with Gasteiger partial charge in [0.1, 0.15) is 0 Å². The Morgan fingerprint density at radius 1 is 1.00 bits per heavy atom. The van der Waals surface area contributed by atoms with Crippen LogP contribution in [0, 0.1) is 5.92 Å². The van der Waals surface area contributed by atoms with Gasteiger partial charge in [0.05, 0.1) is 11.7 Å². The van der Waals surface area contributed by atoms with E-state index in [1.54, 1.807) is 0 Å². The quantitative estimate of drug-likeness (QED) is 0.780. The Morgan fingerprint density at radius 3 is 2.20 bits per heavy atom. The van der Waals surface area contributed by atoms with Crippen molar-refractivity contribution in [3.63, 3.8) is 0 Å². The van der Waals surface area contributed by atoms with Crippen LogP contribution in [0.1, 0.15) is 102 Å². The van der Waals surface area contributed by atoms with Crippen molar-refractivity contribution in [2.75, 3.05) is 13.1 Å². The van der Waals surface area contributed by atoms with Gasteiger partial charge in [0.2, 0.25) is 5.91 Å². The molecule has 0 radical (unpaired) electrons. The van der Waals surface area contributed by atoms with Gasteiger partial charge in [-0.1, -0.05) is 47.0 Å². The van der Waals surface area contributed by atoms with Gasteiger partial charge in [0.25, 0.3) is 0 Å². The van der Waals surface area contributed by atoms with Crippen molar-refractivity contribution >= 4 is 5.91 Å². The average molecular weight is 346 g/mol. The second kappa shape index (κ2) is 7.92. The molecule has 2 heterocycles. The molecule has 4 heteroatoms. The lowest BCUT2D eigenvalue weighted by Crippen LogP contribution is -2.43. The first-order valence-corrected chi connectivity index (χ1v) is 10.4. The van der Waals surface area contributed by atoms with Crippen molar-refractivity contribution in [1.82, 2.24) is 14.7 Å². The third kappa shape index (κ3) is 4.09. The summed E-state index contributed by atoms with van der Waals surface area (Å²) < 4.78 is 2.28. The molecule has 0 aromatic carbocycles. The number of nitrogens with zero attached hydrogens (tertiary/aromatic N) is 3. The highest BCUT2D eigenvalue weighted by Gasteiger charge is 2.30. The SMILES string of the molecule is CC(C)c1cc(C(C)C)n(C2CCN(C(=O)C3CCCCC3)CC2)n1. The molecule has 140 valence electrons. The fraction of sp³-hybridized carbons (Fsp3) is 0.810. The van der Waals surface area contributed by atoms with Crippen LogP contribution in [0.4, 0.5) is 0 Å². The van der Waals surface area contributed by atoms with Crippen molar-refractivity contribution in [2.24, 2.45) is 5.92 Å². The van der Waals surface area contributed by atoms with Gasteiger partial charge in [0, 0.05) is 24.7 Å². The Bertz CT molecular complexity index is 576. The Balaban J connectivity index is 1.65. The lowest BCUT2D eigenvalue weighted by atomic mass is 9.87. The first-order chi connectivity index (χ1) is 12.0. The summed E-state index contributed by atoms with van der Waals surface area (Å²) in [6, 6.07) is 2.73. The van der Waals surface area contributed by atoms with E-state index in [0.29, 0.717) is 29.7 Å². The number of aromatic nitrogens is 2. The predicted molar refractivity (Wildman–Crippen MR) is 102 cm³/mol. The number of carbonyl (C=O) groups is 1. The van der Waals surface area contributed by atoms with Crippen molar-refractivity contribution in [3.05, 3.63) is 17.5 Å². The van der Waals surface area contributed by atoms with Crippen LogP contribution in [0.2, 0.25) is 0 Å². The minimum atomic E-state index is 0.300. The molecule has 0 unspecified atom stereocenters. The molecule has 1 aliphatic heterocycles. The molecule has 0 bridgehead atoms. The number of likely N-dealkylation sites (tertiary alicyclic amines) is 1. The van der Waals surface area contributed by atoms with Gasteiger partial charge in [-0.15, -0.1) is 0 Å². The Morgan fingerprint density at radius 2 is 1.64 bits per heavy atom. The molecule has 1 saturated carbocycles. The third-order valence-electron chi connectivity index (χ3n) is 6.04. The largest absolute Gasteiger partial charge is 0.342 e. The molecule has 25 heavy (non-hydrogen) atoms. The minimum Gasteiger partial charge on any atom is -0.342 e. The summed E-state index contributed by atoms with van der Waals surface area (Å²) in [6.07, 6.45) is 8.06. The first kappa shape index (κ1) is 18.5. The van der Waals surface area contributed by atoms with E-state index in [-0.39, 0.29) is 0 Å². The number of amides is 1. The maximum atomic E-state index is 12.8. The van der Waals surface area contributed by atoms with Gasteiger partial charge >= 0.3 is 0 Å². The molecule has 1 aliphatic carbocycles. The smallest absolute Gasteiger partial charge is 0.225 e. The van der Waals surface area contributed by atoms with Crippen molar-refractivity contribution in [1.29, 1.82) is 0 Å². The highest BCUT2D eigenvalue weighted by molar-refractivity contribution is 5.79. The number of rotatable bonds is 4. The number of piperidine rings is 1. The van der Waals surface area contributed by atoms with Crippen molar-refractivity contribution in [2.45, 2.75) is 90.5 Å². The molecule has 3 rings (SSSR count). The molecule has 4 nitrogen and oxygen atoms in total. The van der Waals surface area contributed by atoms with Crippen molar-refractivity contribution in [3.8, 4) is 0 Å². The summed E-state index contributed by atoms with van der Waals surface area (Å²) in [4.78, 5) is 14.9. The van der Waals surface area contributed by atoms with Gasteiger partial charge in [0.15, 0.2) is 0 Å². The van der Waals surface area contributed by atoms with Crippen LogP contribution in [0.25, 0.3) is 0 Å². The van der Waals surface area contributed by atoms with Crippen LogP contribution in [0.3, 0.4) is 0 Å².